The first-order chi connectivity index (χ1) is 21.5. The molecule has 11 nitrogen and oxygen atoms in total. The lowest BCUT2D eigenvalue weighted by molar-refractivity contribution is -0.139. The van der Waals surface area contributed by atoms with Gasteiger partial charge in [-0.15, -0.1) is 0 Å². The number of piperazine rings is 1. The summed E-state index contributed by atoms with van der Waals surface area (Å²) in [5.74, 6) is -1.08. The van der Waals surface area contributed by atoms with E-state index in [4.69, 9.17) is 0 Å². The average Bonchev–Trinajstić information content (AvgIpc) is 3.60. The fraction of sp³-hybridized carbons (Fsp3) is 0.676. The molecular weight excluding hydrogens is 572 g/mol. The van der Waals surface area contributed by atoms with Crippen LogP contribution in [0.3, 0.4) is 0 Å². The lowest BCUT2D eigenvalue weighted by Crippen LogP contribution is -2.55. The normalized spacial score (nSPS) is 24.0. The van der Waals surface area contributed by atoms with Crippen LogP contribution < -0.4 is 15.5 Å². The second-order valence-electron chi connectivity index (χ2n) is 13.8. The van der Waals surface area contributed by atoms with Gasteiger partial charge in [0.25, 0.3) is 5.91 Å². The van der Waals surface area contributed by atoms with E-state index in [1.807, 2.05) is 26.0 Å². The SMILES string of the molecule is CC(=O)NC(C(=O)N1CC(=O)C2C1CCN2C(=O)C(CC(C)C)NC(=O)c1ccc(N2CCN(C)CC2)cc1)C1CCCCC1. The topological polar surface area (TPSA) is 122 Å². The number of nitrogens with zero attached hydrogens (tertiary/aromatic N) is 4. The van der Waals surface area contributed by atoms with Gasteiger partial charge >= 0.3 is 0 Å². The summed E-state index contributed by atoms with van der Waals surface area (Å²) in [5.41, 5.74) is 1.55. The van der Waals surface area contributed by atoms with Crippen molar-refractivity contribution in [1.82, 2.24) is 25.3 Å². The lowest BCUT2D eigenvalue weighted by Gasteiger charge is -2.34. The highest BCUT2D eigenvalue weighted by Gasteiger charge is 2.53. The monoisotopic (exact) mass is 622 g/mol. The second kappa shape index (κ2) is 14.3. The third-order valence-electron chi connectivity index (χ3n) is 10.0. The molecule has 5 rings (SSSR count). The molecule has 45 heavy (non-hydrogen) atoms. The molecule has 2 N–H and O–H groups in total. The fourth-order valence-electron chi connectivity index (χ4n) is 7.63. The number of amides is 4. The summed E-state index contributed by atoms with van der Waals surface area (Å²) >= 11 is 0. The van der Waals surface area contributed by atoms with Crippen LogP contribution in [-0.4, -0.2) is 115 Å². The summed E-state index contributed by atoms with van der Waals surface area (Å²) in [4.78, 5) is 74.5. The maximum absolute atomic E-state index is 14.0. The van der Waals surface area contributed by atoms with Gasteiger partial charge in [-0.25, -0.2) is 0 Å². The zero-order chi connectivity index (χ0) is 32.2. The van der Waals surface area contributed by atoms with E-state index in [-0.39, 0.29) is 47.8 Å². The van der Waals surface area contributed by atoms with Crippen LogP contribution in [0.5, 0.6) is 0 Å². The minimum Gasteiger partial charge on any atom is -0.369 e. The third-order valence-corrected chi connectivity index (χ3v) is 10.0. The van der Waals surface area contributed by atoms with Gasteiger partial charge in [0.05, 0.1) is 12.6 Å². The number of likely N-dealkylation sites (tertiary alicyclic amines) is 2. The predicted molar refractivity (Wildman–Crippen MR) is 172 cm³/mol. The van der Waals surface area contributed by atoms with Gasteiger partial charge in [-0.05, 0) is 68.8 Å². The van der Waals surface area contributed by atoms with Gasteiger partial charge in [0, 0.05) is 50.9 Å². The van der Waals surface area contributed by atoms with Gasteiger partial charge in [-0.1, -0.05) is 33.1 Å². The molecule has 3 aliphatic heterocycles. The Hall–Kier alpha value is -3.47. The van der Waals surface area contributed by atoms with Gasteiger partial charge in [-0.2, -0.15) is 0 Å². The highest BCUT2D eigenvalue weighted by molar-refractivity contribution is 6.01. The van der Waals surface area contributed by atoms with E-state index >= 15 is 0 Å². The Morgan fingerprint density at radius 3 is 2.13 bits per heavy atom. The molecule has 0 bridgehead atoms. The zero-order valence-corrected chi connectivity index (χ0v) is 27.3. The predicted octanol–water partition coefficient (Wildman–Crippen LogP) is 2.05. The standard InChI is InChI=1S/C34H50N6O5/c1-22(2)20-27(36-32(43)25-10-12-26(13-11-25)38-18-16-37(4)17-19-38)33(44)39-15-14-28-31(39)29(42)21-40(28)34(45)30(35-23(3)41)24-8-6-5-7-9-24/h10-13,22,24,27-28,30-31H,5-9,14-21H2,1-4H3,(H,35,41)(H,36,43). The molecule has 0 aromatic heterocycles. The number of nitrogens with one attached hydrogen (secondary N) is 2. The largest absolute Gasteiger partial charge is 0.369 e. The summed E-state index contributed by atoms with van der Waals surface area (Å²) in [7, 11) is 2.11. The van der Waals surface area contributed by atoms with E-state index in [1.165, 1.54) is 6.92 Å². The summed E-state index contributed by atoms with van der Waals surface area (Å²) < 4.78 is 0. The average molecular weight is 623 g/mol. The van der Waals surface area contributed by atoms with Crippen LogP contribution in [0.2, 0.25) is 0 Å². The van der Waals surface area contributed by atoms with Crippen molar-refractivity contribution in [2.45, 2.75) is 89.9 Å². The lowest BCUT2D eigenvalue weighted by atomic mass is 9.83. The molecule has 4 aliphatic rings. The molecule has 246 valence electrons. The van der Waals surface area contributed by atoms with Crippen molar-refractivity contribution in [3.63, 3.8) is 0 Å². The number of carbonyl (C=O) groups is 5. The van der Waals surface area contributed by atoms with E-state index in [2.05, 4.69) is 27.5 Å². The Morgan fingerprint density at radius 1 is 0.844 bits per heavy atom. The van der Waals surface area contributed by atoms with Crippen LogP contribution in [0, 0.1) is 11.8 Å². The van der Waals surface area contributed by atoms with E-state index in [1.54, 1.807) is 21.9 Å². The van der Waals surface area contributed by atoms with Crippen molar-refractivity contribution in [3.05, 3.63) is 29.8 Å². The van der Waals surface area contributed by atoms with Crippen LogP contribution in [0.15, 0.2) is 24.3 Å². The first kappa shape index (κ1) is 32.9. The number of hydrogen-bond donors (Lipinski definition) is 2. The van der Waals surface area contributed by atoms with Crippen LogP contribution in [0.25, 0.3) is 0 Å². The van der Waals surface area contributed by atoms with Gasteiger partial charge < -0.3 is 30.2 Å². The number of hydrogen-bond acceptors (Lipinski definition) is 7. The van der Waals surface area contributed by atoms with Crippen molar-refractivity contribution >= 4 is 35.1 Å². The zero-order valence-electron chi connectivity index (χ0n) is 27.3. The van der Waals surface area contributed by atoms with Gasteiger partial charge in [-0.3, -0.25) is 24.0 Å². The molecule has 3 saturated heterocycles. The number of anilines is 1. The van der Waals surface area contributed by atoms with E-state index in [0.29, 0.717) is 24.9 Å². The van der Waals surface area contributed by atoms with E-state index in [9.17, 15) is 24.0 Å². The second-order valence-corrected chi connectivity index (χ2v) is 13.8. The number of fused-ring (bicyclic) bond motifs is 1. The number of rotatable bonds is 9. The number of likely N-dealkylation sites (N-methyl/N-ethyl adjacent to an activating group) is 1. The molecule has 1 aromatic rings. The molecular formula is C34H50N6O5. The molecule has 4 amide bonds. The van der Waals surface area contributed by atoms with Crippen LogP contribution in [0.4, 0.5) is 5.69 Å². The molecule has 11 heteroatoms. The van der Waals surface area contributed by atoms with E-state index < -0.39 is 24.2 Å². The number of Topliss-reactive ketones (excluding diaryl/α,β-unsaturated/α-hetero) is 1. The maximum Gasteiger partial charge on any atom is 0.251 e. The number of ketones is 1. The minimum absolute atomic E-state index is 0.0460. The smallest absolute Gasteiger partial charge is 0.251 e. The van der Waals surface area contributed by atoms with Crippen LogP contribution >= 0.6 is 0 Å². The van der Waals surface area contributed by atoms with Crippen molar-refractivity contribution in [2.75, 3.05) is 51.2 Å². The third kappa shape index (κ3) is 7.51. The van der Waals surface area contributed by atoms with Crippen LogP contribution in [-0.2, 0) is 19.2 Å². The first-order valence-corrected chi connectivity index (χ1v) is 16.8. The van der Waals surface area contributed by atoms with Crippen molar-refractivity contribution in [1.29, 1.82) is 0 Å². The van der Waals surface area contributed by atoms with Crippen molar-refractivity contribution in [2.24, 2.45) is 11.8 Å². The quantitative estimate of drug-likeness (QED) is 0.432. The molecule has 1 aromatic carbocycles. The molecule has 0 spiro atoms. The Morgan fingerprint density at radius 2 is 1.51 bits per heavy atom. The van der Waals surface area contributed by atoms with E-state index in [0.717, 1.165) is 64.0 Å². The van der Waals surface area contributed by atoms with Crippen molar-refractivity contribution in [3.8, 4) is 0 Å². The summed E-state index contributed by atoms with van der Waals surface area (Å²) in [6.45, 7) is 9.53. The van der Waals surface area contributed by atoms with Crippen LogP contribution in [0.1, 0.15) is 76.1 Å². The molecule has 0 radical (unpaired) electrons. The first-order valence-electron chi connectivity index (χ1n) is 16.8. The summed E-state index contributed by atoms with van der Waals surface area (Å²) in [6, 6.07) is 4.90. The Kier molecular flexibility index (Phi) is 10.5. The summed E-state index contributed by atoms with van der Waals surface area (Å²) in [6.07, 6.45) is 5.81. The molecule has 1 aliphatic carbocycles. The maximum atomic E-state index is 14.0. The summed E-state index contributed by atoms with van der Waals surface area (Å²) in [5, 5.41) is 5.85. The highest BCUT2D eigenvalue weighted by atomic mass is 16.2. The van der Waals surface area contributed by atoms with Gasteiger partial charge in [0.15, 0.2) is 5.78 Å². The Bertz CT molecular complexity index is 1250. The van der Waals surface area contributed by atoms with Crippen molar-refractivity contribution < 1.29 is 24.0 Å². The number of benzene rings is 1. The number of carbonyl (C=O) groups excluding carboxylic acids is 5. The van der Waals surface area contributed by atoms with Gasteiger partial charge in [0.1, 0.15) is 18.1 Å². The van der Waals surface area contributed by atoms with Gasteiger partial charge in [0.2, 0.25) is 17.7 Å². The fourth-order valence-corrected chi connectivity index (χ4v) is 7.63. The Labute approximate surface area is 267 Å². The molecule has 1 saturated carbocycles. The molecule has 3 heterocycles. The molecule has 4 atom stereocenters. The molecule has 4 fully saturated rings. The Balaban J connectivity index is 1.26. The minimum atomic E-state index is -0.791. The molecule has 4 unspecified atom stereocenters. The highest BCUT2D eigenvalue weighted by Crippen LogP contribution is 2.34.